The maximum absolute atomic E-state index is 2.55. The van der Waals surface area contributed by atoms with Gasteiger partial charge < -0.3 is 4.90 Å². The Morgan fingerprint density at radius 2 is 1.26 bits per heavy atom. The van der Waals surface area contributed by atoms with Crippen LogP contribution in [0.5, 0.6) is 0 Å². The van der Waals surface area contributed by atoms with Crippen LogP contribution in [-0.4, -0.2) is 6.04 Å². The second kappa shape index (κ2) is 8.88. The quantitative estimate of drug-likeness (QED) is 0.414. The molecule has 38 heavy (non-hydrogen) atoms. The molecule has 0 radical (unpaired) electrons. The minimum absolute atomic E-state index is 0.393. The molecule has 6 aliphatic rings. The topological polar surface area (TPSA) is 3.24 Å². The van der Waals surface area contributed by atoms with E-state index in [-0.39, 0.29) is 0 Å². The highest BCUT2D eigenvalue weighted by molar-refractivity contribution is 5.70. The van der Waals surface area contributed by atoms with Crippen LogP contribution >= 0.6 is 0 Å². The summed E-state index contributed by atoms with van der Waals surface area (Å²) in [6, 6.07) is 19.0. The second-order valence-corrected chi connectivity index (χ2v) is 11.4. The van der Waals surface area contributed by atoms with E-state index in [0.29, 0.717) is 29.7 Å². The second-order valence-electron chi connectivity index (χ2n) is 11.4. The van der Waals surface area contributed by atoms with Crippen molar-refractivity contribution in [2.45, 2.75) is 37.6 Å². The minimum atomic E-state index is 0.393. The molecule has 0 amide bonds. The van der Waals surface area contributed by atoms with E-state index in [2.05, 4.69) is 126 Å². The number of fused-ring (bicyclic) bond motifs is 4. The first-order valence-corrected chi connectivity index (χ1v) is 14.4. The zero-order valence-corrected chi connectivity index (χ0v) is 21.7. The summed E-state index contributed by atoms with van der Waals surface area (Å²) >= 11 is 0. The zero-order chi connectivity index (χ0) is 25.1. The summed E-state index contributed by atoms with van der Waals surface area (Å²) in [6.07, 6.45) is 32.7. The Morgan fingerprint density at radius 1 is 0.605 bits per heavy atom. The molecular weight excluding hydrogens is 458 g/mol. The van der Waals surface area contributed by atoms with Gasteiger partial charge in [-0.25, -0.2) is 0 Å². The molecule has 2 aromatic rings. The van der Waals surface area contributed by atoms with E-state index in [1.54, 1.807) is 16.7 Å². The largest absolute Gasteiger partial charge is 0.334 e. The highest BCUT2D eigenvalue weighted by Crippen LogP contribution is 2.53. The Balaban J connectivity index is 1.08. The summed E-state index contributed by atoms with van der Waals surface area (Å²) in [4.78, 5) is 2.55. The highest BCUT2D eigenvalue weighted by Gasteiger charge is 2.41. The van der Waals surface area contributed by atoms with Crippen molar-refractivity contribution in [2.24, 2.45) is 17.8 Å². The molecule has 8 rings (SSSR count). The fourth-order valence-electron chi connectivity index (χ4n) is 7.84. The normalized spacial score (nSPS) is 30.1. The number of allylic oxidation sites excluding steroid dienone is 12. The fraction of sp³-hybridized carbons (Fsp3) is 0.243. The van der Waals surface area contributed by atoms with Crippen molar-refractivity contribution >= 4 is 5.69 Å². The predicted octanol–water partition coefficient (Wildman–Crippen LogP) is 8.99. The lowest BCUT2D eigenvalue weighted by Gasteiger charge is -2.30. The van der Waals surface area contributed by atoms with Crippen LogP contribution in [0.4, 0.5) is 5.69 Å². The van der Waals surface area contributed by atoms with Gasteiger partial charge in [0.25, 0.3) is 0 Å². The Kier molecular flexibility index (Phi) is 5.18. The van der Waals surface area contributed by atoms with Crippen molar-refractivity contribution in [1.29, 1.82) is 0 Å². The van der Waals surface area contributed by atoms with Gasteiger partial charge in [-0.15, -0.1) is 0 Å². The molecule has 0 spiro atoms. The summed E-state index contributed by atoms with van der Waals surface area (Å²) in [5, 5.41) is 0. The van der Waals surface area contributed by atoms with Crippen molar-refractivity contribution < 1.29 is 0 Å². The van der Waals surface area contributed by atoms with Gasteiger partial charge in [-0.1, -0.05) is 109 Å². The van der Waals surface area contributed by atoms with Crippen molar-refractivity contribution in [3.8, 4) is 11.1 Å². The Morgan fingerprint density at radius 3 is 2.08 bits per heavy atom. The molecule has 0 aromatic heterocycles. The zero-order valence-electron chi connectivity index (χ0n) is 21.7. The molecule has 5 unspecified atom stereocenters. The van der Waals surface area contributed by atoms with E-state index in [0.717, 1.165) is 6.42 Å². The molecule has 0 bridgehead atoms. The number of hydrogen-bond donors (Lipinski definition) is 0. The molecule has 2 aromatic carbocycles. The standard InChI is InChI=1S/C37H33N/c1-3-13-33-29(9-1)30-10-2-4-14-34(30)37(33)27-19-17-25(18-20-27)26-21-23-28(24-22-26)38-35-15-7-5-11-31(35)32-12-6-8-16-36(32)38/h1,3-5,7-9,11,13-24,29,31,33,35,37H,2,6,10,12H2. The Bertz CT molecular complexity index is 1400. The number of nitrogens with zero attached hydrogens (tertiary/aromatic N) is 1. The molecule has 0 N–H and O–H groups in total. The molecule has 1 heteroatoms. The third-order valence-corrected chi connectivity index (χ3v) is 9.55. The molecule has 5 aliphatic carbocycles. The Labute approximate surface area is 226 Å². The Hall–Kier alpha value is -3.84. The predicted molar refractivity (Wildman–Crippen MR) is 159 cm³/mol. The number of hydrogen-bond acceptors (Lipinski definition) is 1. The van der Waals surface area contributed by atoms with Gasteiger partial charge in [-0.05, 0) is 77.6 Å². The van der Waals surface area contributed by atoms with E-state index in [9.17, 15) is 0 Å². The van der Waals surface area contributed by atoms with Crippen LogP contribution in [0.15, 0.2) is 144 Å². The van der Waals surface area contributed by atoms with Gasteiger partial charge in [0.1, 0.15) is 0 Å². The average Bonchev–Trinajstić information content (AvgIpc) is 3.51. The van der Waals surface area contributed by atoms with Gasteiger partial charge in [-0.2, -0.15) is 0 Å². The molecule has 5 atom stereocenters. The number of benzene rings is 2. The third-order valence-electron chi connectivity index (χ3n) is 9.55. The van der Waals surface area contributed by atoms with Gasteiger partial charge in [0, 0.05) is 29.1 Å². The van der Waals surface area contributed by atoms with E-state index in [1.807, 2.05) is 0 Å². The number of rotatable bonds is 3. The van der Waals surface area contributed by atoms with Crippen LogP contribution in [-0.2, 0) is 0 Å². The van der Waals surface area contributed by atoms with Crippen LogP contribution < -0.4 is 4.90 Å². The molecule has 0 fully saturated rings. The molecular formula is C37H33N. The molecule has 1 aliphatic heterocycles. The smallest absolute Gasteiger partial charge is 0.0626 e. The number of anilines is 1. The minimum Gasteiger partial charge on any atom is -0.334 e. The first-order valence-electron chi connectivity index (χ1n) is 14.4. The van der Waals surface area contributed by atoms with Crippen LogP contribution in [0.25, 0.3) is 11.1 Å². The summed E-state index contributed by atoms with van der Waals surface area (Å²) in [5.74, 6) is 2.10. The summed E-state index contributed by atoms with van der Waals surface area (Å²) in [6.45, 7) is 0. The first-order chi connectivity index (χ1) is 18.9. The first kappa shape index (κ1) is 22.2. The van der Waals surface area contributed by atoms with Crippen LogP contribution in [0, 0.1) is 17.8 Å². The summed E-state index contributed by atoms with van der Waals surface area (Å²) in [7, 11) is 0. The van der Waals surface area contributed by atoms with Crippen molar-refractivity contribution in [1.82, 2.24) is 0 Å². The van der Waals surface area contributed by atoms with E-state index < -0.39 is 0 Å². The third kappa shape index (κ3) is 3.38. The molecule has 0 saturated heterocycles. The molecule has 0 saturated carbocycles. The van der Waals surface area contributed by atoms with Crippen LogP contribution in [0.3, 0.4) is 0 Å². The van der Waals surface area contributed by atoms with Gasteiger partial charge >= 0.3 is 0 Å². The highest BCUT2D eigenvalue weighted by atomic mass is 15.2. The monoisotopic (exact) mass is 491 g/mol. The lowest BCUT2D eigenvalue weighted by Crippen LogP contribution is -2.32. The van der Waals surface area contributed by atoms with Gasteiger partial charge in [0.15, 0.2) is 0 Å². The summed E-state index contributed by atoms with van der Waals surface area (Å²) < 4.78 is 0. The lowest BCUT2D eigenvalue weighted by molar-refractivity contribution is 0.516. The average molecular weight is 492 g/mol. The van der Waals surface area contributed by atoms with E-state index in [1.165, 1.54) is 47.3 Å². The maximum atomic E-state index is 2.55. The van der Waals surface area contributed by atoms with Crippen LogP contribution in [0.2, 0.25) is 0 Å². The van der Waals surface area contributed by atoms with Gasteiger partial charge in [0.05, 0.1) is 6.04 Å². The van der Waals surface area contributed by atoms with Crippen molar-refractivity contribution in [3.05, 3.63) is 149 Å². The maximum Gasteiger partial charge on any atom is 0.0626 e. The fourth-order valence-corrected chi connectivity index (χ4v) is 7.84. The summed E-state index contributed by atoms with van der Waals surface area (Å²) in [5.41, 5.74) is 11.6. The molecule has 1 nitrogen and oxygen atoms in total. The van der Waals surface area contributed by atoms with Crippen LogP contribution in [0.1, 0.15) is 37.2 Å². The van der Waals surface area contributed by atoms with Gasteiger partial charge in [-0.3, -0.25) is 0 Å². The van der Waals surface area contributed by atoms with Gasteiger partial charge in [0.2, 0.25) is 0 Å². The molecule has 1 heterocycles. The van der Waals surface area contributed by atoms with Crippen molar-refractivity contribution in [3.63, 3.8) is 0 Å². The molecule has 186 valence electrons. The van der Waals surface area contributed by atoms with Crippen molar-refractivity contribution in [2.75, 3.05) is 4.90 Å². The van der Waals surface area contributed by atoms with E-state index >= 15 is 0 Å². The van der Waals surface area contributed by atoms with E-state index in [4.69, 9.17) is 0 Å². The lowest BCUT2D eigenvalue weighted by atomic mass is 9.79. The SMILES string of the molecule is C1=CC2C3=C(C=CCC3)C(c3ccc(-c4ccc(N5C6=C(CCC=C6)C6C=CC=CC65)cc4)cc3)C2C=C1.